The van der Waals surface area contributed by atoms with Crippen molar-refractivity contribution in [3.8, 4) is 0 Å². The van der Waals surface area contributed by atoms with Crippen LogP contribution < -0.4 is 0 Å². The van der Waals surface area contributed by atoms with Crippen molar-refractivity contribution in [3.05, 3.63) is 35.9 Å². The average molecular weight is 292 g/mol. The molecule has 0 aliphatic carbocycles. The molecule has 1 rings (SSSR count). The molecule has 1 aromatic rings. The highest BCUT2D eigenvalue weighted by Crippen LogP contribution is 2.29. The molecule has 0 saturated carbocycles. The van der Waals surface area contributed by atoms with Gasteiger partial charge in [-0.2, -0.15) is 0 Å². The molecule has 0 fully saturated rings. The zero-order chi connectivity index (χ0) is 15.3. The van der Waals surface area contributed by atoms with Gasteiger partial charge in [-0.25, -0.2) is 4.39 Å². The van der Waals surface area contributed by atoms with E-state index in [9.17, 15) is 4.39 Å². The zero-order valence-electron chi connectivity index (χ0n) is 14.0. The molecule has 0 saturated heterocycles. The lowest BCUT2D eigenvalue weighted by molar-refractivity contribution is 0.231. The summed E-state index contributed by atoms with van der Waals surface area (Å²) >= 11 is 0. The largest absolute Gasteiger partial charge is 0.242 e. The molecular weight excluding hydrogens is 259 g/mol. The van der Waals surface area contributed by atoms with Gasteiger partial charge in [0.2, 0.25) is 0 Å². The van der Waals surface area contributed by atoms with Gasteiger partial charge in [-0.3, -0.25) is 0 Å². The van der Waals surface area contributed by atoms with Crippen LogP contribution in [0.5, 0.6) is 0 Å². The maximum Gasteiger partial charge on any atom is 0.128 e. The molecule has 2 atom stereocenters. The first-order valence-electron chi connectivity index (χ1n) is 8.94. The van der Waals surface area contributed by atoms with Gasteiger partial charge in [0.05, 0.1) is 0 Å². The number of hydrogen-bond acceptors (Lipinski definition) is 0. The normalized spacial score (nSPS) is 14.0. The fraction of sp³-hybridized carbons (Fsp3) is 0.700. The Morgan fingerprint density at radius 1 is 0.810 bits per heavy atom. The minimum atomic E-state index is -0.805. The summed E-state index contributed by atoms with van der Waals surface area (Å²) in [5, 5.41) is 0. The van der Waals surface area contributed by atoms with Gasteiger partial charge in [0.25, 0.3) is 0 Å². The van der Waals surface area contributed by atoms with E-state index in [1.54, 1.807) is 0 Å². The van der Waals surface area contributed by atoms with E-state index in [1.165, 1.54) is 57.8 Å². The standard InChI is InChI=1S/C20H33F/c1-3-4-5-6-7-8-9-10-12-15-18(2)20(21)19-16-13-11-14-17-19/h11,13-14,16-18,20H,3-10,12,15H2,1-2H3. The van der Waals surface area contributed by atoms with Crippen LogP contribution in [0.4, 0.5) is 4.39 Å². The van der Waals surface area contributed by atoms with Gasteiger partial charge < -0.3 is 0 Å². The Morgan fingerprint density at radius 3 is 1.90 bits per heavy atom. The van der Waals surface area contributed by atoms with E-state index in [0.29, 0.717) is 0 Å². The maximum absolute atomic E-state index is 14.3. The highest BCUT2D eigenvalue weighted by molar-refractivity contribution is 5.17. The summed E-state index contributed by atoms with van der Waals surface area (Å²) in [5.74, 6) is 0.136. The van der Waals surface area contributed by atoms with Crippen LogP contribution >= 0.6 is 0 Å². The van der Waals surface area contributed by atoms with E-state index in [-0.39, 0.29) is 5.92 Å². The van der Waals surface area contributed by atoms with Crippen LogP contribution in [0.15, 0.2) is 30.3 Å². The number of alkyl halides is 1. The van der Waals surface area contributed by atoms with Crippen LogP contribution in [-0.4, -0.2) is 0 Å². The second kappa shape index (κ2) is 11.8. The third-order valence-electron chi connectivity index (χ3n) is 4.38. The lowest BCUT2D eigenvalue weighted by atomic mass is 9.93. The predicted octanol–water partition coefficient (Wildman–Crippen LogP) is 7.25. The van der Waals surface area contributed by atoms with E-state index < -0.39 is 6.17 Å². The van der Waals surface area contributed by atoms with Crippen LogP contribution in [0.3, 0.4) is 0 Å². The average Bonchev–Trinajstić information content (AvgIpc) is 2.53. The fourth-order valence-electron chi connectivity index (χ4n) is 2.89. The predicted molar refractivity (Wildman–Crippen MR) is 91.3 cm³/mol. The van der Waals surface area contributed by atoms with E-state index in [1.807, 2.05) is 37.3 Å². The maximum atomic E-state index is 14.3. The van der Waals surface area contributed by atoms with Crippen molar-refractivity contribution < 1.29 is 4.39 Å². The van der Waals surface area contributed by atoms with Crippen molar-refractivity contribution in [2.75, 3.05) is 0 Å². The Bertz CT molecular complexity index is 333. The molecule has 0 nitrogen and oxygen atoms in total. The van der Waals surface area contributed by atoms with Crippen molar-refractivity contribution in [1.29, 1.82) is 0 Å². The Balaban J connectivity index is 2.02. The van der Waals surface area contributed by atoms with Crippen molar-refractivity contribution in [2.45, 2.75) is 84.2 Å². The summed E-state index contributed by atoms with van der Waals surface area (Å²) in [7, 11) is 0. The van der Waals surface area contributed by atoms with Gasteiger partial charge >= 0.3 is 0 Å². The Labute approximate surface area is 131 Å². The molecule has 120 valence electrons. The molecule has 0 spiro atoms. The van der Waals surface area contributed by atoms with Gasteiger partial charge in [-0.15, -0.1) is 0 Å². The molecule has 0 aliphatic heterocycles. The molecule has 1 aromatic carbocycles. The van der Waals surface area contributed by atoms with E-state index in [0.717, 1.165) is 12.0 Å². The van der Waals surface area contributed by atoms with Crippen molar-refractivity contribution in [1.82, 2.24) is 0 Å². The summed E-state index contributed by atoms with van der Waals surface area (Å²) in [6.45, 7) is 4.30. The zero-order valence-corrected chi connectivity index (χ0v) is 14.0. The minimum absolute atomic E-state index is 0.136. The van der Waals surface area contributed by atoms with Gasteiger partial charge in [0.15, 0.2) is 0 Å². The van der Waals surface area contributed by atoms with E-state index in [4.69, 9.17) is 0 Å². The second-order valence-electron chi connectivity index (χ2n) is 6.41. The topological polar surface area (TPSA) is 0 Å². The highest BCUT2D eigenvalue weighted by Gasteiger charge is 2.17. The smallest absolute Gasteiger partial charge is 0.128 e. The van der Waals surface area contributed by atoms with Crippen LogP contribution in [-0.2, 0) is 0 Å². The Kier molecular flexibility index (Phi) is 10.2. The molecule has 0 bridgehead atoms. The first-order valence-corrected chi connectivity index (χ1v) is 8.94. The van der Waals surface area contributed by atoms with E-state index in [2.05, 4.69) is 6.92 Å². The molecule has 0 amide bonds. The summed E-state index contributed by atoms with van der Waals surface area (Å²) in [4.78, 5) is 0. The number of rotatable bonds is 12. The number of halogens is 1. The molecule has 21 heavy (non-hydrogen) atoms. The minimum Gasteiger partial charge on any atom is -0.242 e. The first-order chi connectivity index (χ1) is 10.3. The van der Waals surface area contributed by atoms with Crippen LogP contribution in [0.1, 0.15) is 89.8 Å². The van der Waals surface area contributed by atoms with Crippen molar-refractivity contribution >= 4 is 0 Å². The summed E-state index contributed by atoms with van der Waals surface area (Å²) < 4.78 is 14.3. The highest BCUT2D eigenvalue weighted by atomic mass is 19.1. The van der Waals surface area contributed by atoms with Gasteiger partial charge in [0.1, 0.15) is 6.17 Å². The second-order valence-corrected chi connectivity index (χ2v) is 6.41. The van der Waals surface area contributed by atoms with Gasteiger partial charge in [-0.1, -0.05) is 102 Å². The Hall–Kier alpha value is -0.850. The quantitative estimate of drug-likeness (QED) is 0.356. The number of benzene rings is 1. The molecule has 0 N–H and O–H groups in total. The Morgan fingerprint density at radius 2 is 1.33 bits per heavy atom. The lowest BCUT2D eigenvalue weighted by Gasteiger charge is -2.16. The first kappa shape index (κ1) is 18.2. The number of hydrogen-bond donors (Lipinski definition) is 0. The molecule has 0 aromatic heterocycles. The molecular formula is C20H33F. The van der Waals surface area contributed by atoms with E-state index >= 15 is 0 Å². The van der Waals surface area contributed by atoms with Crippen LogP contribution in [0.2, 0.25) is 0 Å². The molecule has 2 unspecified atom stereocenters. The van der Waals surface area contributed by atoms with Crippen molar-refractivity contribution in [2.24, 2.45) is 5.92 Å². The number of unbranched alkanes of at least 4 members (excludes halogenated alkanes) is 8. The molecule has 0 aliphatic rings. The third-order valence-corrected chi connectivity index (χ3v) is 4.38. The summed E-state index contributed by atoms with van der Waals surface area (Å²) in [6, 6.07) is 9.59. The fourth-order valence-corrected chi connectivity index (χ4v) is 2.89. The third kappa shape index (κ3) is 8.24. The lowest BCUT2D eigenvalue weighted by Crippen LogP contribution is -2.04. The molecule has 1 heteroatoms. The molecule has 0 radical (unpaired) electrons. The summed E-state index contributed by atoms with van der Waals surface area (Å²) in [6.07, 6.45) is 12.2. The van der Waals surface area contributed by atoms with Crippen LogP contribution in [0.25, 0.3) is 0 Å². The van der Waals surface area contributed by atoms with Gasteiger partial charge in [0, 0.05) is 0 Å². The van der Waals surface area contributed by atoms with Crippen LogP contribution in [0, 0.1) is 5.92 Å². The van der Waals surface area contributed by atoms with Gasteiger partial charge in [-0.05, 0) is 17.9 Å². The van der Waals surface area contributed by atoms with Crippen molar-refractivity contribution in [3.63, 3.8) is 0 Å². The SMILES string of the molecule is CCCCCCCCCCCC(C)C(F)c1ccccc1. The molecule has 0 heterocycles. The monoisotopic (exact) mass is 292 g/mol. The summed E-state index contributed by atoms with van der Waals surface area (Å²) in [5.41, 5.74) is 0.834.